The maximum Gasteiger partial charge on any atom is 0.322 e. The summed E-state index contributed by atoms with van der Waals surface area (Å²) in [5.41, 5.74) is 6.45. The average Bonchev–Trinajstić information content (AvgIpc) is 3.26. The number of anilines is 1. The fourth-order valence-electron chi connectivity index (χ4n) is 4.83. The first-order chi connectivity index (χ1) is 21.6. The summed E-state index contributed by atoms with van der Waals surface area (Å²) in [6.45, 7) is 4.86. The number of nitrogens with one attached hydrogen (secondary N) is 1. The van der Waals surface area contributed by atoms with Crippen molar-refractivity contribution < 1.29 is 28.2 Å². The van der Waals surface area contributed by atoms with E-state index in [1.54, 1.807) is 86.4 Å². The molecule has 232 valence electrons. The van der Waals surface area contributed by atoms with Crippen LogP contribution in [0.25, 0.3) is 16.6 Å². The number of hydrogen-bond acceptors (Lipinski definition) is 8. The van der Waals surface area contributed by atoms with Crippen molar-refractivity contribution in [3.63, 3.8) is 0 Å². The number of carbonyl (C=O) groups excluding carboxylic acids is 2. The normalized spacial score (nSPS) is 12.4. The van der Waals surface area contributed by atoms with Gasteiger partial charge in [-0.2, -0.15) is 0 Å². The van der Waals surface area contributed by atoms with Gasteiger partial charge in [0.05, 0.1) is 30.6 Å². The summed E-state index contributed by atoms with van der Waals surface area (Å²) < 4.78 is 34.6. The number of pyridine rings is 1. The zero-order chi connectivity index (χ0) is 32.2. The number of halogens is 1. The monoisotopic (exact) mass is 613 g/mol. The number of aromatic nitrogens is 3. The van der Waals surface area contributed by atoms with Crippen molar-refractivity contribution in [2.24, 2.45) is 5.73 Å². The summed E-state index contributed by atoms with van der Waals surface area (Å²) in [5, 5.41) is 3.28. The summed E-state index contributed by atoms with van der Waals surface area (Å²) in [5.74, 6) is -1.11. The molecule has 2 aromatic heterocycles. The molecule has 5 aromatic rings. The second-order valence-corrected chi connectivity index (χ2v) is 10.4. The van der Waals surface area contributed by atoms with E-state index in [4.69, 9.17) is 19.9 Å². The van der Waals surface area contributed by atoms with Crippen molar-refractivity contribution in [2.75, 3.05) is 12.4 Å². The number of ether oxygens (including phenoxy) is 3. The Hall–Kier alpha value is -5.49. The van der Waals surface area contributed by atoms with Gasteiger partial charge in [-0.1, -0.05) is 18.2 Å². The molecule has 0 fully saturated rings. The van der Waals surface area contributed by atoms with E-state index in [0.29, 0.717) is 33.8 Å². The van der Waals surface area contributed by atoms with Crippen molar-refractivity contribution in [3.05, 3.63) is 106 Å². The minimum atomic E-state index is -0.818. The molecule has 3 N–H and O–H groups in total. The Labute approximate surface area is 257 Å². The third-order valence-electron chi connectivity index (χ3n) is 7.06. The SMILES string of the molecule is COc1ccc2c(Oc3ccc(NC(=O)c4c(C)n(C[C@H](C)OC(=O)C(C)N)n(-c5ccccc5)c4=O)cc3F)ccnc2c1. The Balaban J connectivity index is 1.41. The second kappa shape index (κ2) is 13.0. The van der Waals surface area contributed by atoms with Crippen LogP contribution < -0.4 is 26.1 Å². The number of amides is 1. The van der Waals surface area contributed by atoms with Gasteiger partial charge in [-0.25, -0.2) is 9.07 Å². The van der Waals surface area contributed by atoms with Gasteiger partial charge in [0, 0.05) is 29.4 Å². The number of benzene rings is 3. The van der Waals surface area contributed by atoms with Gasteiger partial charge in [-0.15, -0.1) is 0 Å². The third kappa shape index (κ3) is 6.55. The molecule has 0 aliphatic carbocycles. The zero-order valence-corrected chi connectivity index (χ0v) is 25.1. The van der Waals surface area contributed by atoms with Gasteiger partial charge in [0.2, 0.25) is 0 Å². The van der Waals surface area contributed by atoms with Gasteiger partial charge in [-0.05, 0) is 63.2 Å². The highest BCUT2D eigenvalue weighted by Crippen LogP contribution is 2.33. The number of fused-ring (bicyclic) bond motifs is 1. The number of nitrogens with zero attached hydrogens (tertiary/aromatic N) is 3. The second-order valence-electron chi connectivity index (χ2n) is 10.4. The van der Waals surface area contributed by atoms with Gasteiger partial charge in [0.15, 0.2) is 11.6 Å². The predicted molar refractivity (Wildman–Crippen MR) is 167 cm³/mol. The van der Waals surface area contributed by atoms with Crippen LogP contribution >= 0.6 is 0 Å². The molecule has 0 saturated heterocycles. The number of methoxy groups -OCH3 is 1. The van der Waals surface area contributed by atoms with Crippen molar-refractivity contribution >= 4 is 28.5 Å². The van der Waals surface area contributed by atoms with E-state index in [1.807, 2.05) is 0 Å². The van der Waals surface area contributed by atoms with Gasteiger partial charge >= 0.3 is 5.97 Å². The number of carbonyl (C=O) groups is 2. The molecule has 5 rings (SSSR count). The molecule has 0 aliphatic rings. The van der Waals surface area contributed by atoms with Crippen LogP contribution in [0.3, 0.4) is 0 Å². The highest BCUT2D eigenvalue weighted by Gasteiger charge is 2.26. The molecular weight excluding hydrogens is 581 g/mol. The van der Waals surface area contributed by atoms with Crippen molar-refractivity contribution in [2.45, 2.75) is 39.5 Å². The molecule has 0 spiro atoms. The first-order valence-electron chi connectivity index (χ1n) is 14.1. The highest BCUT2D eigenvalue weighted by atomic mass is 19.1. The van der Waals surface area contributed by atoms with Crippen LogP contribution in [0.1, 0.15) is 29.9 Å². The summed E-state index contributed by atoms with van der Waals surface area (Å²) in [6, 6.07) is 18.8. The molecule has 12 heteroatoms. The fraction of sp³-hybridized carbons (Fsp3) is 0.212. The lowest BCUT2D eigenvalue weighted by Gasteiger charge is -2.19. The Morgan fingerprint density at radius 1 is 1.02 bits per heavy atom. The molecule has 0 saturated carbocycles. The van der Waals surface area contributed by atoms with Crippen molar-refractivity contribution in [1.29, 1.82) is 0 Å². The van der Waals surface area contributed by atoms with Gasteiger partial charge in [-0.3, -0.25) is 24.0 Å². The van der Waals surface area contributed by atoms with E-state index in [1.165, 1.54) is 23.7 Å². The Morgan fingerprint density at radius 2 is 1.78 bits per heavy atom. The summed E-state index contributed by atoms with van der Waals surface area (Å²) in [4.78, 5) is 43.5. The van der Waals surface area contributed by atoms with Crippen LogP contribution in [0.2, 0.25) is 0 Å². The number of rotatable bonds is 10. The molecule has 2 heterocycles. The lowest BCUT2D eigenvalue weighted by molar-refractivity contribution is -0.150. The van der Waals surface area contributed by atoms with Gasteiger partial charge in [0.1, 0.15) is 29.2 Å². The Morgan fingerprint density at radius 3 is 2.47 bits per heavy atom. The van der Waals surface area contributed by atoms with Crippen LogP contribution in [0, 0.1) is 12.7 Å². The minimum Gasteiger partial charge on any atom is -0.497 e. The van der Waals surface area contributed by atoms with Crippen LogP contribution in [0.5, 0.6) is 17.2 Å². The van der Waals surface area contributed by atoms with Crippen molar-refractivity contribution in [1.82, 2.24) is 14.3 Å². The third-order valence-corrected chi connectivity index (χ3v) is 7.06. The Bertz CT molecular complexity index is 1940. The van der Waals surface area contributed by atoms with E-state index in [-0.39, 0.29) is 23.5 Å². The molecule has 2 atom stereocenters. The lowest BCUT2D eigenvalue weighted by Crippen LogP contribution is -2.34. The fourth-order valence-corrected chi connectivity index (χ4v) is 4.83. The Kier molecular flexibility index (Phi) is 8.96. The molecular formula is C33H32FN5O6. The smallest absolute Gasteiger partial charge is 0.322 e. The van der Waals surface area contributed by atoms with E-state index in [9.17, 15) is 14.4 Å². The molecule has 1 amide bonds. The first-order valence-corrected chi connectivity index (χ1v) is 14.1. The largest absolute Gasteiger partial charge is 0.497 e. The highest BCUT2D eigenvalue weighted by molar-refractivity contribution is 6.05. The zero-order valence-electron chi connectivity index (χ0n) is 25.1. The number of hydrogen-bond donors (Lipinski definition) is 2. The maximum absolute atomic E-state index is 15.2. The van der Waals surface area contributed by atoms with Crippen LogP contribution in [-0.4, -0.2) is 45.5 Å². The van der Waals surface area contributed by atoms with Gasteiger partial charge in [0.25, 0.3) is 11.5 Å². The van der Waals surface area contributed by atoms with Crippen molar-refractivity contribution in [3.8, 4) is 22.9 Å². The number of para-hydroxylation sites is 1. The molecule has 11 nitrogen and oxygen atoms in total. The summed E-state index contributed by atoms with van der Waals surface area (Å²) >= 11 is 0. The quantitative estimate of drug-likeness (QED) is 0.211. The molecule has 45 heavy (non-hydrogen) atoms. The van der Waals surface area contributed by atoms with E-state index < -0.39 is 35.4 Å². The number of esters is 1. The topological polar surface area (TPSA) is 140 Å². The van der Waals surface area contributed by atoms with E-state index in [0.717, 1.165) is 6.07 Å². The molecule has 0 bridgehead atoms. The average molecular weight is 614 g/mol. The first kappa shape index (κ1) is 31.0. The predicted octanol–water partition coefficient (Wildman–Crippen LogP) is 4.97. The van der Waals surface area contributed by atoms with E-state index >= 15 is 4.39 Å². The summed E-state index contributed by atoms with van der Waals surface area (Å²) in [7, 11) is 1.55. The van der Waals surface area contributed by atoms with Crippen LogP contribution in [-0.2, 0) is 16.1 Å². The lowest BCUT2D eigenvalue weighted by atomic mass is 10.2. The minimum absolute atomic E-state index is 0.0683. The maximum atomic E-state index is 15.2. The molecule has 0 aliphatic heterocycles. The standard InChI is InChI=1S/C33H32FN5O6/c1-19(44-33(42)20(2)35)18-38-21(3)30(32(41)39(38)23-8-6-5-7-9-23)31(40)37-22-10-13-29(26(34)16-22)45-28-14-15-36-27-17-24(43-4)11-12-25(27)28/h5-17,19-20H,18,35H2,1-4H3,(H,37,40)/t19-,20?/m0/s1. The molecule has 0 radical (unpaired) electrons. The van der Waals surface area contributed by atoms with Crippen LogP contribution in [0.15, 0.2) is 83.8 Å². The molecule has 3 aromatic carbocycles. The van der Waals surface area contributed by atoms with E-state index in [2.05, 4.69) is 10.3 Å². The summed E-state index contributed by atoms with van der Waals surface area (Å²) in [6.07, 6.45) is 0.880. The number of nitrogens with two attached hydrogens (primary N) is 1. The van der Waals surface area contributed by atoms with Gasteiger partial charge < -0.3 is 25.3 Å². The molecule has 1 unspecified atom stereocenters. The van der Waals surface area contributed by atoms with Crippen LogP contribution in [0.4, 0.5) is 10.1 Å².